The number of primary amides is 1. The van der Waals surface area contributed by atoms with Crippen LogP contribution in [-0.4, -0.2) is 15.6 Å². The van der Waals surface area contributed by atoms with Crippen molar-refractivity contribution in [2.24, 2.45) is 5.73 Å². The van der Waals surface area contributed by atoms with Crippen LogP contribution in [0.3, 0.4) is 0 Å². The number of carbonyl (C=O) groups is 1. The van der Waals surface area contributed by atoms with Crippen molar-refractivity contribution in [2.75, 3.05) is 0 Å². The molecule has 0 radical (unpaired) electrons. The van der Waals surface area contributed by atoms with Gasteiger partial charge in [-0.25, -0.2) is 9.78 Å². The fourth-order valence-electron chi connectivity index (χ4n) is 1.17. The van der Waals surface area contributed by atoms with Crippen molar-refractivity contribution in [2.45, 2.75) is 0 Å². The number of nitrogens with two attached hydrogens (primary N) is 1. The molecule has 2 heterocycles. The van der Waals surface area contributed by atoms with E-state index >= 15 is 0 Å². The smallest absolute Gasteiger partial charge is 0.324 e. The first-order valence-corrected chi connectivity index (χ1v) is 3.98. The number of fused-ring (bicyclic) bond motifs is 1. The lowest BCUT2D eigenvalue weighted by Gasteiger charge is -1.96. The summed E-state index contributed by atoms with van der Waals surface area (Å²) >= 11 is 5.72. The molecule has 0 aromatic carbocycles. The summed E-state index contributed by atoms with van der Waals surface area (Å²) in [7, 11) is 0. The molecule has 1 amide bonds. The number of halogens is 1. The topological polar surface area (TPSA) is 60.9 Å². The normalized spacial score (nSPS) is 10.5. The molecule has 4 nitrogen and oxygen atoms in total. The quantitative estimate of drug-likeness (QED) is 0.694. The van der Waals surface area contributed by atoms with Gasteiger partial charge in [-0.3, -0.25) is 4.57 Å². The highest BCUT2D eigenvalue weighted by Crippen LogP contribution is 2.17. The van der Waals surface area contributed by atoms with Gasteiger partial charge >= 0.3 is 6.03 Å². The number of amides is 1. The minimum atomic E-state index is -0.551. The molecule has 5 heteroatoms. The second kappa shape index (κ2) is 2.74. The maximum atomic E-state index is 10.9. The molecule has 2 N–H and O–H groups in total. The van der Waals surface area contributed by atoms with Crippen molar-refractivity contribution in [3.63, 3.8) is 0 Å². The van der Waals surface area contributed by atoms with Crippen LogP contribution < -0.4 is 5.73 Å². The summed E-state index contributed by atoms with van der Waals surface area (Å²) in [5.41, 5.74) is 5.64. The van der Waals surface area contributed by atoms with E-state index in [0.717, 1.165) is 5.39 Å². The third kappa shape index (κ3) is 1.25. The number of rotatable bonds is 0. The van der Waals surface area contributed by atoms with E-state index < -0.39 is 6.03 Å². The van der Waals surface area contributed by atoms with Crippen molar-refractivity contribution < 1.29 is 4.79 Å². The maximum Gasteiger partial charge on any atom is 0.324 e. The van der Waals surface area contributed by atoms with Crippen LogP contribution in [-0.2, 0) is 0 Å². The van der Waals surface area contributed by atoms with Gasteiger partial charge in [-0.2, -0.15) is 0 Å². The van der Waals surface area contributed by atoms with Crippen LogP contribution in [0.25, 0.3) is 11.0 Å². The average Bonchev–Trinajstić information content (AvgIpc) is 2.46. The van der Waals surface area contributed by atoms with E-state index in [-0.39, 0.29) is 0 Å². The Balaban J connectivity index is 2.76. The minimum absolute atomic E-state index is 0.525. The van der Waals surface area contributed by atoms with Gasteiger partial charge in [0.25, 0.3) is 0 Å². The molecular formula is C8H6ClN3O. The highest BCUT2D eigenvalue weighted by atomic mass is 35.5. The van der Waals surface area contributed by atoms with Gasteiger partial charge in [-0.1, -0.05) is 11.6 Å². The van der Waals surface area contributed by atoms with Crippen LogP contribution in [0.2, 0.25) is 5.02 Å². The molecule has 0 bridgehead atoms. The number of pyridine rings is 1. The lowest BCUT2D eigenvalue weighted by Crippen LogP contribution is -2.18. The molecule has 0 atom stereocenters. The standard InChI is InChI=1S/C8H6ClN3O/c9-6-3-5-1-2-12(8(10)13)7(5)11-4-6/h1-4H,(H2,10,13). The Hall–Kier alpha value is -1.55. The molecule has 0 fully saturated rings. The van der Waals surface area contributed by atoms with Gasteiger partial charge in [0.15, 0.2) is 0 Å². The summed E-state index contributed by atoms with van der Waals surface area (Å²) in [6.07, 6.45) is 3.04. The van der Waals surface area contributed by atoms with Crippen molar-refractivity contribution in [1.82, 2.24) is 9.55 Å². The number of hydrogen-bond acceptors (Lipinski definition) is 2. The molecule has 0 spiro atoms. The molecule has 0 aliphatic rings. The van der Waals surface area contributed by atoms with Gasteiger partial charge in [-0.05, 0) is 12.1 Å². The fourth-order valence-corrected chi connectivity index (χ4v) is 1.34. The predicted octanol–water partition coefficient (Wildman–Crippen LogP) is 1.62. The monoisotopic (exact) mass is 195 g/mol. The van der Waals surface area contributed by atoms with Crippen LogP contribution >= 0.6 is 11.6 Å². The molecule has 2 aromatic rings. The minimum Gasteiger partial charge on any atom is -0.351 e. The summed E-state index contributed by atoms with van der Waals surface area (Å²) in [5, 5.41) is 1.33. The molecule has 0 unspecified atom stereocenters. The van der Waals surface area contributed by atoms with Crippen molar-refractivity contribution in [3.8, 4) is 0 Å². The fraction of sp³-hybridized carbons (Fsp3) is 0. The van der Waals surface area contributed by atoms with E-state index in [9.17, 15) is 4.79 Å². The molecule has 0 aliphatic carbocycles. The first kappa shape index (κ1) is 8.07. The third-order valence-electron chi connectivity index (χ3n) is 1.73. The zero-order valence-corrected chi connectivity index (χ0v) is 7.32. The molecule has 0 saturated heterocycles. The van der Waals surface area contributed by atoms with Gasteiger partial charge in [-0.15, -0.1) is 0 Å². The van der Waals surface area contributed by atoms with E-state index in [1.165, 1.54) is 10.8 Å². The van der Waals surface area contributed by atoms with Gasteiger partial charge in [0.2, 0.25) is 0 Å². The van der Waals surface area contributed by atoms with E-state index in [2.05, 4.69) is 4.98 Å². The lowest BCUT2D eigenvalue weighted by atomic mass is 10.3. The van der Waals surface area contributed by atoms with Crippen LogP contribution in [0.1, 0.15) is 0 Å². The summed E-state index contributed by atoms with van der Waals surface area (Å²) in [5.74, 6) is 0. The van der Waals surface area contributed by atoms with E-state index in [1.54, 1.807) is 18.3 Å². The average molecular weight is 196 g/mol. The Kier molecular flexibility index (Phi) is 1.70. The van der Waals surface area contributed by atoms with Crippen molar-refractivity contribution >= 4 is 28.7 Å². The molecule has 66 valence electrons. The van der Waals surface area contributed by atoms with Gasteiger partial charge in [0.05, 0.1) is 5.02 Å². The summed E-state index contributed by atoms with van der Waals surface area (Å²) in [6.45, 7) is 0. The lowest BCUT2D eigenvalue weighted by molar-refractivity contribution is 0.251. The molecule has 13 heavy (non-hydrogen) atoms. The number of aromatic nitrogens is 2. The predicted molar refractivity (Wildman–Crippen MR) is 49.7 cm³/mol. The molecular weight excluding hydrogens is 190 g/mol. The van der Waals surface area contributed by atoms with Crippen molar-refractivity contribution in [1.29, 1.82) is 0 Å². The maximum absolute atomic E-state index is 10.9. The number of nitrogens with zero attached hydrogens (tertiary/aromatic N) is 2. The third-order valence-corrected chi connectivity index (χ3v) is 1.94. The molecule has 2 aromatic heterocycles. The number of hydrogen-bond donors (Lipinski definition) is 1. The Morgan fingerprint density at radius 2 is 2.38 bits per heavy atom. The van der Waals surface area contributed by atoms with Gasteiger partial charge < -0.3 is 5.73 Å². The first-order chi connectivity index (χ1) is 6.18. The SMILES string of the molecule is NC(=O)n1ccc2cc(Cl)cnc21. The largest absolute Gasteiger partial charge is 0.351 e. The van der Waals surface area contributed by atoms with Crippen LogP contribution in [0, 0.1) is 0 Å². The Morgan fingerprint density at radius 3 is 3.08 bits per heavy atom. The zero-order valence-electron chi connectivity index (χ0n) is 6.57. The summed E-state index contributed by atoms with van der Waals surface area (Å²) in [4.78, 5) is 14.9. The van der Waals surface area contributed by atoms with E-state index in [4.69, 9.17) is 17.3 Å². The Bertz CT molecular complexity index is 477. The molecule has 2 rings (SSSR count). The molecule has 0 saturated carbocycles. The van der Waals surface area contributed by atoms with E-state index in [1.807, 2.05) is 0 Å². The summed E-state index contributed by atoms with van der Waals surface area (Å²) in [6, 6.07) is 2.91. The zero-order chi connectivity index (χ0) is 9.42. The van der Waals surface area contributed by atoms with Crippen molar-refractivity contribution in [3.05, 3.63) is 29.5 Å². The highest BCUT2D eigenvalue weighted by molar-refractivity contribution is 6.31. The molecule has 0 aliphatic heterocycles. The first-order valence-electron chi connectivity index (χ1n) is 3.61. The summed E-state index contributed by atoms with van der Waals surface area (Å²) < 4.78 is 1.27. The highest BCUT2D eigenvalue weighted by Gasteiger charge is 2.05. The van der Waals surface area contributed by atoms with Gasteiger partial charge in [0.1, 0.15) is 5.65 Å². The van der Waals surface area contributed by atoms with Crippen LogP contribution in [0.5, 0.6) is 0 Å². The second-order valence-electron chi connectivity index (χ2n) is 2.59. The van der Waals surface area contributed by atoms with E-state index in [0.29, 0.717) is 10.7 Å². The Morgan fingerprint density at radius 1 is 1.62 bits per heavy atom. The number of carbonyl (C=O) groups excluding carboxylic acids is 1. The van der Waals surface area contributed by atoms with Gasteiger partial charge in [0, 0.05) is 17.8 Å². The van der Waals surface area contributed by atoms with Crippen LogP contribution in [0.15, 0.2) is 24.5 Å². The second-order valence-corrected chi connectivity index (χ2v) is 3.03. The van der Waals surface area contributed by atoms with Crippen LogP contribution in [0.4, 0.5) is 4.79 Å². The Labute approximate surface area is 78.9 Å².